The van der Waals surface area contributed by atoms with E-state index in [9.17, 15) is 13.2 Å². The van der Waals surface area contributed by atoms with E-state index in [1.54, 1.807) is 4.90 Å². The van der Waals surface area contributed by atoms with Gasteiger partial charge in [-0.25, -0.2) is 8.42 Å². The molecular weight excluding hydrogens is 240 g/mol. The summed E-state index contributed by atoms with van der Waals surface area (Å²) in [4.78, 5) is 14.0. The van der Waals surface area contributed by atoms with Crippen molar-refractivity contribution in [1.29, 1.82) is 0 Å². The van der Waals surface area contributed by atoms with Crippen LogP contribution in [0.3, 0.4) is 0 Å². The lowest BCUT2D eigenvalue weighted by Crippen LogP contribution is -2.53. The van der Waals surface area contributed by atoms with Crippen LogP contribution in [0.25, 0.3) is 0 Å². The van der Waals surface area contributed by atoms with Crippen molar-refractivity contribution >= 4 is 15.7 Å². The van der Waals surface area contributed by atoms with Gasteiger partial charge in [-0.1, -0.05) is 0 Å². The highest BCUT2D eigenvalue weighted by atomic mass is 32.2. The fourth-order valence-corrected chi connectivity index (χ4v) is 4.18. The molecule has 1 N–H and O–H groups in total. The van der Waals surface area contributed by atoms with Gasteiger partial charge in [0.05, 0.1) is 17.4 Å². The monoisotopic (exact) mass is 260 g/mol. The Kier molecular flexibility index (Phi) is 3.73. The van der Waals surface area contributed by atoms with Crippen molar-refractivity contribution in [3.05, 3.63) is 0 Å². The lowest BCUT2D eigenvalue weighted by Gasteiger charge is -2.36. The van der Waals surface area contributed by atoms with E-state index in [-0.39, 0.29) is 29.4 Å². The van der Waals surface area contributed by atoms with E-state index in [1.165, 1.54) is 0 Å². The summed E-state index contributed by atoms with van der Waals surface area (Å²) in [5, 5.41) is 3.22. The molecule has 0 spiro atoms. The third-order valence-electron chi connectivity index (χ3n) is 3.60. The summed E-state index contributed by atoms with van der Waals surface area (Å²) in [6, 6.07) is -0.178. The summed E-state index contributed by atoms with van der Waals surface area (Å²) in [5.74, 6) is 0.383. The minimum absolute atomic E-state index is 0.0343. The average molecular weight is 260 g/mol. The van der Waals surface area contributed by atoms with Crippen molar-refractivity contribution in [3.63, 3.8) is 0 Å². The van der Waals surface area contributed by atoms with E-state index in [0.29, 0.717) is 6.54 Å². The first kappa shape index (κ1) is 12.8. The molecule has 6 heteroatoms. The third-order valence-corrected chi connectivity index (χ3v) is 5.39. The van der Waals surface area contributed by atoms with Crippen molar-refractivity contribution in [3.8, 4) is 0 Å². The summed E-state index contributed by atoms with van der Waals surface area (Å²) in [6.45, 7) is 3.90. The zero-order chi connectivity index (χ0) is 12.5. The van der Waals surface area contributed by atoms with Crippen molar-refractivity contribution in [2.75, 3.05) is 31.1 Å². The van der Waals surface area contributed by atoms with E-state index >= 15 is 0 Å². The first-order valence-electron chi connectivity index (χ1n) is 6.21. The van der Waals surface area contributed by atoms with Crippen molar-refractivity contribution in [2.24, 2.45) is 5.92 Å². The average Bonchev–Trinajstić information content (AvgIpc) is 2.28. The second-order valence-corrected chi connectivity index (χ2v) is 7.27. The molecule has 0 saturated carbocycles. The van der Waals surface area contributed by atoms with E-state index in [1.807, 2.05) is 6.92 Å². The highest BCUT2D eigenvalue weighted by molar-refractivity contribution is 7.91. The van der Waals surface area contributed by atoms with E-state index in [4.69, 9.17) is 0 Å². The Morgan fingerprint density at radius 2 is 2.18 bits per heavy atom. The van der Waals surface area contributed by atoms with Crippen LogP contribution in [0.2, 0.25) is 0 Å². The van der Waals surface area contributed by atoms with Gasteiger partial charge in [-0.3, -0.25) is 4.79 Å². The van der Waals surface area contributed by atoms with Crippen LogP contribution in [0.5, 0.6) is 0 Å². The molecule has 2 fully saturated rings. The van der Waals surface area contributed by atoms with Crippen LogP contribution >= 0.6 is 0 Å². The van der Waals surface area contributed by atoms with Crippen LogP contribution in [-0.4, -0.2) is 56.4 Å². The predicted octanol–water partition coefficient (Wildman–Crippen LogP) is -0.368. The molecule has 0 aromatic rings. The number of nitrogens with zero attached hydrogens (tertiary/aromatic N) is 1. The molecule has 2 heterocycles. The van der Waals surface area contributed by atoms with Gasteiger partial charge in [-0.15, -0.1) is 0 Å². The molecule has 2 atom stereocenters. The summed E-state index contributed by atoms with van der Waals surface area (Å²) in [6.07, 6.45) is 1.94. The number of sulfone groups is 1. The summed E-state index contributed by atoms with van der Waals surface area (Å²) >= 11 is 0. The second kappa shape index (κ2) is 4.94. The molecule has 2 rings (SSSR count). The molecule has 0 bridgehead atoms. The van der Waals surface area contributed by atoms with Crippen LogP contribution in [0.1, 0.15) is 19.8 Å². The first-order chi connectivity index (χ1) is 7.99. The molecule has 98 valence electrons. The highest BCUT2D eigenvalue weighted by Gasteiger charge is 2.34. The third kappa shape index (κ3) is 2.98. The number of carbonyl (C=O) groups excluding carboxylic acids is 1. The number of nitrogens with one attached hydrogen (secondary N) is 1. The van der Waals surface area contributed by atoms with Gasteiger partial charge in [-0.05, 0) is 26.3 Å². The maximum atomic E-state index is 12.3. The van der Waals surface area contributed by atoms with Gasteiger partial charge in [-0.2, -0.15) is 0 Å². The minimum atomic E-state index is -2.94. The van der Waals surface area contributed by atoms with Gasteiger partial charge >= 0.3 is 0 Å². The van der Waals surface area contributed by atoms with E-state index in [2.05, 4.69) is 5.32 Å². The standard InChI is InChI=1S/C11H20N2O3S/c1-9-8-17(15,16)6-5-13(9)11(14)10-3-2-4-12-7-10/h9-10,12H,2-8H2,1H3/t9?,10-/m1/s1. The van der Waals surface area contributed by atoms with Crippen LogP contribution < -0.4 is 5.32 Å². The Labute approximate surface area is 102 Å². The molecule has 1 amide bonds. The van der Waals surface area contributed by atoms with Gasteiger partial charge < -0.3 is 10.2 Å². The topological polar surface area (TPSA) is 66.5 Å². The molecule has 0 aliphatic carbocycles. The SMILES string of the molecule is CC1CS(=O)(=O)CCN1C(=O)[C@@H]1CCCNC1. The summed E-state index contributed by atoms with van der Waals surface area (Å²) in [5.41, 5.74) is 0. The van der Waals surface area contributed by atoms with Crippen molar-refractivity contribution in [1.82, 2.24) is 10.2 Å². The number of piperidine rings is 1. The molecule has 0 aromatic heterocycles. The molecule has 0 radical (unpaired) electrons. The van der Waals surface area contributed by atoms with Crippen molar-refractivity contribution in [2.45, 2.75) is 25.8 Å². The van der Waals surface area contributed by atoms with Crippen LogP contribution in [0.15, 0.2) is 0 Å². The van der Waals surface area contributed by atoms with Gasteiger partial charge in [0.25, 0.3) is 0 Å². The molecule has 2 aliphatic heterocycles. The number of amides is 1. The van der Waals surface area contributed by atoms with Gasteiger partial charge in [0.2, 0.25) is 5.91 Å². The fraction of sp³-hybridized carbons (Fsp3) is 0.909. The quantitative estimate of drug-likeness (QED) is 0.698. The smallest absolute Gasteiger partial charge is 0.227 e. The molecule has 5 nitrogen and oxygen atoms in total. The first-order valence-corrected chi connectivity index (χ1v) is 8.03. The summed E-state index contributed by atoms with van der Waals surface area (Å²) < 4.78 is 22.9. The lowest BCUT2D eigenvalue weighted by molar-refractivity contribution is -0.137. The van der Waals surface area contributed by atoms with Gasteiger partial charge in [0, 0.05) is 19.1 Å². The number of rotatable bonds is 1. The summed E-state index contributed by atoms with van der Waals surface area (Å²) in [7, 11) is -2.94. The fourth-order valence-electron chi connectivity index (χ4n) is 2.62. The number of hydrogen-bond donors (Lipinski definition) is 1. The van der Waals surface area contributed by atoms with Crippen molar-refractivity contribution < 1.29 is 13.2 Å². The minimum Gasteiger partial charge on any atom is -0.338 e. The Morgan fingerprint density at radius 3 is 2.76 bits per heavy atom. The van der Waals surface area contributed by atoms with Gasteiger partial charge in [0.15, 0.2) is 9.84 Å². The Balaban J connectivity index is 2.00. The number of hydrogen-bond acceptors (Lipinski definition) is 4. The van der Waals surface area contributed by atoms with Crippen LogP contribution in [0.4, 0.5) is 0 Å². The Bertz CT molecular complexity index is 388. The number of carbonyl (C=O) groups is 1. The Morgan fingerprint density at radius 1 is 1.41 bits per heavy atom. The largest absolute Gasteiger partial charge is 0.338 e. The Hall–Kier alpha value is -0.620. The normalized spacial score (nSPS) is 33.4. The van der Waals surface area contributed by atoms with Gasteiger partial charge in [0.1, 0.15) is 0 Å². The molecule has 2 saturated heterocycles. The zero-order valence-electron chi connectivity index (χ0n) is 10.2. The highest BCUT2D eigenvalue weighted by Crippen LogP contribution is 2.18. The lowest BCUT2D eigenvalue weighted by atomic mass is 9.97. The predicted molar refractivity (Wildman–Crippen MR) is 65.4 cm³/mol. The molecule has 17 heavy (non-hydrogen) atoms. The van der Waals surface area contributed by atoms with Crippen LogP contribution in [0, 0.1) is 5.92 Å². The zero-order valence-corrected chi connectivity index (χ0v) is 11.0. The maximum Gasteiger partial charge on any atom is 0.227 e. The van der Waals surface area contributed by atoms with Crippen LogP contribution in [-0.2, 0) is 14.6 Å². The van der Waals surface area contributed by atoms with E-state index in [0.717, 1.165) is 25.9 Å². The molecule has 2 aliphatic rings. The molecular formula is C11H20N2O3S. The maximum absolute atomic E-state index is 12.3. The molecule has 0 aromatic carbocycles. The second-order valence-electron chi connectivity index (χ2n) is 5.04. The molecule has 1 unspecified atom stereocenters. The van der Waals surface area contributed by atoms with E-state index < -0.39 is 9.84 Å².